The molecule has 1 heterocycles. The van der Waals surface area contributed by atoms with E-state index < -0.39 is 23.3 Å². The topological polar surface area (TPSA) is 74.2 Å². The van der Waals surface area contributed by atoms with Gasteiger partial charge in [0.2, 0.25) is 0 Å². The highest BCUT2D eigenvalue weighted by atomic mass is 32.1. The van der Waals surface area contributed by atoms with Crippen molar-refractivity contribution < 1.29 is 18.7 Å². The molecule has 2 aromatic carbocycles. The Bertz CT molecular complexity index is 1120. The number of hydrogen-bond acceptors (Lipinski definition) is 4. The molecule has 1 saturated carbocycles. The molecule has 0 aliphatic heterocycles. The van der Waals surface area contributed by atoms with Gasteiger partial charge in [-0.2, -0.15) is 0 Å². The molecule has 5 nitrogen and oxygen atoms in total. The molecule has 1 fully saturated rings. The number of anilines is 2. The zero-order chi connectivity index (χ0) is 23.6. The monoisotopic (exact) mass is 471 g/mol. The number of carbonyl (C=O) groups excluding carboxylic acids is 1. The van der Waals surface area contributed by atoms with E-state index in [9.17, 15) is 18.7 Å². The summed E-state index contributed by atoms with van der Waals surface area (Å²) in [5.74, 6) is -0.777. The van der Waals surface area contributed by atoms with Gasteiger partial charge in [-0.05, 0) is 75.3 Å². The van der Waals surface area contributed by atoms with Crippen LogP contribution in [0.1, 0.15) is 50.5 Å². The molecule has 3 N–H and O–H groups in total. The van der Waals surface area contributed by atoms with E-state index in [0.717, 1.165) is 47.2 Å². The first-order valence-corrected chi connectivity index (χ1v) is 11.8. The maximum Gasteiger partial charge on any atom is 0.323 e. The summed E-state index contributed by atoms with van der Waals surface area (Å²) in [5, 5.41) is 16.4. The number of hydrogen-bond donors (Lipinski definition) is 3. The number of thiazole rings is 1. The van der Waals surface area contributed by atoms with Crippen molar-refractivity contribution in [2.45, 2.75) is 51.0 Å². The number of aromatic nitrogens is 1. The third-order valence-corrected chi connectivity index (χ3v) is 7.41. The van der Waals surface area contributed by atoms with E-state index in [-0.39, 0.29) is 5.69 Å². The summed E-state index contributed by atoms with van der Waals surface area (Å²) < 4.78 is 26.7. The van der Waals surface area contributed by atoms with Crippen LogP contribution in [0.2, 0.25) is 0 Å². The molecule has 1 aromatic heterocycles. The number of aliphatic hydroxyl groups is 1. The lowest BCUT2D eigenvalue weighted by Crippen LogP contribution is -2.33. The van der Waals surface area contributed by atoms with Gasteiger partial charge in [0.05, 0.1) is 21.2 Å². The van der Waals surface area contributed by atoms with Crippen LogP contribution < -0.4 is 10.6 Å². The molecule has 8 heteroatoms. The highest BCUT2D eigenvalue weighted by Gasteiger charge is 2.32. The minimum Gasteiger partial charge on any atom is -0.390 e. The number of amides is 2. The van der Waals surface area contributed by atoms with E-state index in [1.165, 1.54) is 6.07 Å². The summed E-state index contributed by atoms with van der Waals surface area (Å²) in [4.78, 5) is 17.8. The minimum absolute atomic E-state index is 0.0979. The molecule has 0 radical (unpaired) electrons. The van der Waals surface area contributed by atoms with Crippen molar-refractivity contribution in [2.75, 3.05) is 10.6 Å². The summed E-state index contributed by atoms with van der Waals surface area (Å²) in [6.07, 6.45) is 5.97. The van der Waals surface area contributed by atoms with E-state index in [0.29, 0.717) is 23.6 Å². The van der Waals surface area contributed by atoms with Gasteiger partial charge in [0.1, 0.15) is 11.6 Å². The van der Waals surface area contributed by atoms with Crippen LogP contribution in [-0.2, 0) is 0 Å². The standard InChI is InChI=1S/C25H27F2N3O2S/c1-25(2,32)17-7-3-16(4-8-17)23-28-14-22(33-23)15-5-10-19(11-6-15)29-24(31)30-21-12-9-18(26)13-20(21)27/h5-6,9-14,16-17,32H,3-4,7-8H2,1-2H3,(H2,29,30,31). The van der Waals surface area contributed by atoms with Crippen LogP contribution in [0.3, 0.4) is 0 Å². The molecule has 1 aliphatic carbocycles. The fourth-order valence-corrected chi connectivity index (χ4v) is 5.34. The summed E-state index contributed by atoms with van der Waals surface area (Å²) in [5.41, 5.74) is 0.825. The molecule has 0 unspecified atom stereocenters. The Balaban J connectivity index is 1.35. The summed E-state index contributed by atoms with van der Waals surface area (Å²) in [6.45, 7) is 3.78. The van der Waals surface area contributed by atoms with Crippen LogP contribution in [0.4, 0.5) is 25.0 Å². The molecule has 0 bridgehead atoms. The van der Waals surface area contributed by atoms with Gasteiger partial charge in [0, 0.05) is 23.9 Å². The largest absolute Gasteiger partial charge is 0.390 e. The van der Waals surface area contributed by atoms with Crippen LogP contribution in [-0.4, -0.2) is 21.7 Å². The van der Waals surface area contributed by atoms with E-state index in [1.54, 1.807) is 23.5 Å². The van der Waals surface area contributed by atoms with Gasteiger partial charge in [-0.15, -0.1) is 11.3 Å². The summed E-state index contributed by atoms with van der Waals surface area (Å²) in [6, 6.07) is 9.69. The molecule has 4 rings (SSSR count). The number of nitrogens with zero attached hydrogens (tertiary/aromatic N) is 1. The fourth-order valence-electron chi connectivity index (χ4n) is 4.25. The lowest BCUT2D eigenvalue weighted by Gasteiger charge is -2.35. The molecule has 174 valence electrons. The van der Waals surface area contributed by atoms with Crippen molar-refractivity contribution in [3.05, 3.63) is 65.3 Å². The quantitative estimate of drug-likeness (QED) is 0.384. The highest BCUT2D eigenvalue weighted by Crippen LogP contribution is 2.42. The second-order valence-corrected chi connectivity index (χ2v) is 10.1. The average Bonchev–Trinajstić information content (AvgIpc) is 3.26. The third kappa shape index (κ3) is 5.75. The zero-order valence-electron chi connectivity index (χ0n) is 18.6. The number of rotatable bonds is 5. The Kier molecular flexibility index (Phi) is 6.76. The molecule has 33 heavy (non-hydrogen) atoms. The number of benzene rings is 2. The number of urea groups is 1. The van der Waals surface area contributed by atoms with Gasteiger partial charge in [0.15, 0.2) is 0 Å². The van der Waals surface area contributed by atoms with Crippen LogP contribution in [0.15, 0.2) is 48.7 Å². The van der Waals surface area contributed by atoms with E-state index in [2.05, 4.69) is 15.6 Å². The molecule has 2 amide bonds. The van der Waals surface area contributed by atoms with Crippen LogP contribution >= 0.6 is 11.3 Å². The zero-order valence-corrected chi connectivity index (χ0v) is 19.4. The predicted octanol–water partition coefficient (Wildman–Crippen LogP) is 6.78. The Labute approximate surface area is 195 Å². The Morgan fingerprint density at radius 1 is 1.06 bits per heavy atom. The first-order valence-electron chi connectivity index (χ1n) is 11.0. The fraction of sp³-hybridized carbons (Fsp3) is 0.360. The third-order valence-electron chi connectivity index (χ3n) is 6.21. The molecule has 3 aromatic rings. The number of nitrogens with one attached hydrogen (secondary N) is 2. The van der Waals surface area contributed by atoms with Gasteiger partial charge in [-0.1, -0.05) is 12.1 Å². The predicted molar refractivity (Wildman–Crippen MR) is 128 cm³/mol. The lowest BCUT2D eigenvalue weighted by atomic mass is 9.75. The highest BCUT2D eigenvalue weighted by molar-refractivity contribution is 7.15. The van der Waals surface area contributed by atoms with Gasteiger partial charge < -0.3 is 15.7 Å². The molecular weight excluding hydrogens is 444 g/mol. The van der Waals surface area contributed by atoms with Gasteiger partial charge in [-0.25, -0.2) is 18.6 Å². The first-order chi connectivity index (χ1) is 15.7. The minimum atomic E-state index is -0.838. The first kappa shape index (κ1) is 23.3. The van der Waals surface area contributed by atoms with Crippen molar-refractivity contribution in [2.24, 2.45) is 5.92 Å². The maximum absolute atomic E-state index is 13.7. The van der Waals surface area contributed by atoms with Crippen LogP contribution in [0, 0.1) is 17.6 Å². The average molecular weight is 472 g/mol. The Morgan fingerprint density at radius 2 is 1.76 bits per heavy atom. The SMILES string of the molecule is CC(C)(O)C1CCC(c2ncc(-c3ccc(NC(=O)Nc4ccc(F)cc4F)cc3)s2)CC1. The second-order valence-electron chi connectivity index (χ2n) is 9.05. The molecule has 0 saturated heterocycles. The van der Waals surface area contributed by atoms with Crippen LogP contribution in [0.25, 0.3) is 10.4 Å². The molecule has 1 aliphatic rings. The van der Waals surface area contributed by atoms with Crippen molar-refractivity contribution in [3.8, 4) is 10.4 Å². The molecule has 0 spiro atoms. The summed E-state index contributed by atoms with van der Waals surface area (Å²) >= 11 is 1.68. The smallest absolute Gasteiger partial charge is 0.323 e. The van der Waals surface area contributed by atoms with Gasteiger partial charge in [0.25, 0.3) is 0 Å². The molecular formula is C25H27F2N3O2S. The number of carbonyl (C=O) groups is 1. The van der Waals surface area contributed by atoms with Crippen molar-refractivity contribution in [1.29, 1.82) is 0 Å². The molecule has 0 atom stereocenters. The van der Waals surface area contributed by atoms with Crippen molar-refractivity contribution >= 4 is 28.7 Å². The van der Waals surface area contributed by atoms with Crippen molar-refractivity contribution in [3.63, 3.8) is 0 Å². The Hall–Kier alpha value is -2.84. The van der Waals surface area contributed by atoms with Gasteiger partial charge >= 0.3 is 6.03 Å². The van der Waals surface area contributed by atoms with E-state index in [4.69, 9.17) is 0 Å². The number of halogens is 2. The van der Waals surface area contributed by atoms with Crippen molar-refractivity contribution in [1.82, 2.24) is 4.98 Å². The Morgan fingerprint density at radius 3 is 2.39 bits per heavy atom. The summed E-state index contributed by atoms with van der Waals surface area (Å²) in [7, 11) is 0. The normalized spacial score (nSPS) is 18.7. The van der Waals surface area contributed by atoms with E-state index in [1.807, 2.05) is 32.2 Å². The van der Waals surface area contributed by atoms with Gasteiger partial charge in [-0.3, -0.25) is 0 Å². The van der Waals surface area contributed by atoms with E-state index >= 15 is 0 Å². The van der Waals surface area contributed by atoms with Crippen LogP contribution in [0.5, 0.6) is 0 Å². The maximum atomic E-state index is 13.7. The lowest BCUT2D eigenvalue weighted by molar-refractivity contribution is -0.00157. The second kappa shape index (κ2) is 9.57.